The second kappa shape index (κ2) is 10.2. The fourth-order valence-corrected chi connectivity index (χ4v) is 2.94. The summed E-state index contributed by atoms with van der Waals surface area (Å²) in [4.78, 5) is 0. The first kappa shape index (κ1) is 18.6. The predicted molar refractivity (Wildman–Crippen MR) is 101 cm³/mol. The van der Waals surface area contributed by atoms with Gasteiger partial charge in [0.1, 0.15) is 0 Å². The summed E-state index contributed by atoms with van der Waals surface area (Å²) in [7, 11) is 3.69. The van der Waals surface area contributed by atoms with E-state index < -0.39 is 0 Å². The highest BCUT2D eigenvalue weighted by Crippen LogP contribution is 2.24. The zero-order valence-electron chi connectivity index (χ0n) is 15.3. The zero-order chi connectivity index (χ0) is 17.2. The number of hydrogen-bond donors (Lipinski definition) is 1. The normalized spacial score (nSPS) is 20.5. The van der Waals surface area contributed by atoms with Crippen LogP contribution in [-0.4, -0.2) is 27.3 Å². The molecule has 24 heavy (non-hydrogen) atoms. The first-order valence-corrected chi connectivity index (χ1v) is 9.05. The fraction of sp³-hybridized carbons (Fsp3) is 0.524. The smallest absolute Gasteiger partial charge is 0.160 e. The lowest BCUT2D eigenvalue weighted by molar-refractivity contribution is 0.156. The maximum absolute atomic E-state index is 6.09. The Morgan fingerprint density at radius 3 is 2.71 bits per heavy atom. The van der Waals surface area contributed by atoms with Gasteiger partial charge in [0, 0.05) is 5.92 Å². The molecule has 0 aromatic carbocycles. The van der Waals surface area contributed by atoms with Crippen LogP contribution in [0.5, 0.6) is 0 Å². The molecule has 0 radical (unpaired) electrons. The molecule has 0 saturated carbocycles. The summed E-state index contributed by atoms with van der Waals surface area (Å²) in [5.74, 6) is 2.13. The Labute approximate surface area is 146 Å². The van der Waals surface area contributed by atoms with Gasteiger partial charge in [-0.1, -0.05) is 48.8 Å². The van der Waals surface area contributed by atoms with Crippen molar-refractivity contribution in [3.8, 4) is 0 Å². The number of allylic oxidation sites excluding steroid dienone is 6. The van der Waals surface area contributed by atoms with Gasteiger partial charge in [0.15, 0.2) is 11.5 Å². The van der Waals surface area contributed by atoms with E-state index in [1.807, 2.05) is 13.1 Å². The van der Waals surface area contributed by atoms with Crippen LogP contribution in [0.3, 0.4) is 0 Å². The molecule has 0 saturated heterocycles. The Balaban J connectivity index is 1.88. The summed E-state index contributed by atoms with van der Waals surface area (Å²) in [5, 5.41) is 3.19. The average molecular weight is 329 g/mol. The van der Waals surface area contributed by atoms with Crippen LogP contribution in [0.15, 0.2) is 59.1 Å². The lowest BCUT2D eigenvalue weighted by Gasteiger charge is -2.19. The monoisotopic (exact) mass is 329 g/mol. The topological polar surface area (TPSA) is 30.5 Å². The second-order valence-electron chi connectivity index (χ2n) is 6.38. The molecular formula is C21H31NO2. The highest BCUT2D eigenvalue weighted by Gasteiger charge is 2.14. The third-order valence-corrected chi connectivity index (χ3v) is 4.44. The standard InChI is InChI=1S/C21H31NO2/c1-4-5-17-6-8-19(9-7-17)16-24-21-13-11-18(14-15-22-2)10-12-20(21)23-3/h6-8,10,12-13,19,22H,4-5,9,11,14-16H2,1-3H3. The molecule has 2 aliphatic rings. The Hall–Kier alpha value is -1.74. The van der Waals surface area contributed by atoms with Crippen molar-refractivity contribution in [2.45, 2.75) is 39.0 Å². The van der Waals surface area contributed by atoms with Crippen LogP contribution in [0.2, 0.25) is 0 Å². The van der Waals surface area contributed by atoms with E-state index in [1.54, 1.807) is 7.11 Å². The summed E-state index contributed by atoms with van der Waals surface area (Å²) in [6, 6.07) is 0. The molecule has 0 heterocycles. The van der Waals surface area contributed by atoms with Gasteiger partial charge in [-0.25, -0.2) is 0 Å². The van der Waals surface area contributed by atoms with Gasteiger partial charge in [-0.05, 0) is 51.4 Å². The zero-order valence-corrected chi connectivity index (χ0v) is 15.3. The number of hydrogen-bond acceptors (Lipinski definition) is 3. The van der Waals surface area contributed by atoms with Gasteiger partial charge in [-0.2, -0.15) is 0 Å². The van der Waals surface area contributed by atoms with E-state index in [4.69, 9.17) is 9.47 Å². The van der Waals surface area contributed by atoms with Crippen LogP contribution in [0, 0.1) is 5.92 Å². The highest BCUT2D eigenvalue weighted by molar-refractivity contribution is 5.32. The molecule has 1 unspecified atom stereocenters. The molecule has 2 rings (SSSR count). The van der Waals surface area contributed by atoms with Crippen molar-refractivity contribution in [3.63, 3.8) is 0 Å². The lowest BCUT2D eigenvalue weighted by atomic mass is 9.95. The second-order valence-corrected chi connectivity index (χ2v) is 6.38. The minimum Gasteiger partial charge on any atom is -0.493 e. The molecule has 0 aromatic rings. The first-order valence-electron chi connectivity index (χ1n) is 9.05. The Bertz CT molecular complexity index is 552. The molecule has 0 amide bonds. The molecule has 3 heteroatoms. The molecule has 2 aliphatic carbocycles. The predicted octanol–water partition coefficient (Wildman–Crippen LogP) is 4.66. The van der Waals surface area contributed by atoms with Gasteiger partial charge in [-0.3, -0.25) is 0 Å². The van der Waals surface area contributed by atoms with Gasteiger partial charge in [0.05, 0.1) is 13.7 Å². The molecule has 0 bridgehead atoms. The van der Waals surface area contributed by atoms with Crippen molar-refractivity contribution in [3.05, 3.63) is 59.1 Å². The largest absolute Gasteiger partial charge is 0.493 e. The Kier molecular flexibility index (Phi) is 7.90. The van der Waals surface area contributed by atoms with Crippen LogP contribution in [0.4, 0.5) is 0 Å². The van der Waals surface area contributed by atoms with Crippen LogP contribution in [0.1, 0.15) is 39.0 Å². The van der Waals surface area contributed by atoms with Crippen LogP contribution < -0.4 is 5.32 Å². The van der Waals surface area contributed by atoms with Crippen molar-refractivity contribution in [2.24, 2.45) is 5.92 Å². The van der Waals surface area contributed by atoms with Gasteiger partial charge in [-0.15, -0.1) is 0 Å². The van der Waals surface area contributed by atoms with E-state index in [1.165, 1.54) is 24.0 Å². The van der Waals surface area contributed by atoms with Crippen LogP contribution >= 0.6 is 0 Å². The van der Waals surface area contributed by atoms with E-state index in [9.17, 15) is 0 Å². The Morgan fingerprint density at radius 2 is 2.04 bits per heavy atom. The van der Waals surface area contributed by atoms with Crippen molar-refractivity contribution in [1.29, 1.82) is 0 Å². The SMILES string of the molecule is CCCC1=CCC(COC2=CCC(CCNC)=CC=C2OC)C=C1. The molecule has 132 valence electrons. The van der Waals surface area contributed by atoms with Crippen molar-refractivity contribution in [2.75, 3.05) is 27.3 Å². The quantitative estimate of drug-likeness (QED) is 0.667. The van der Waals surface area contributed by atoms with Crippen LogP contribution in [-0.2, 0) is 9.47 Å². The number of ether oxygens (including phenoxy) is 2. The van der Waals surface area contributed by atoms with Gasteiger partial charge in [0.2, 0.25) is 0 Å². The van der Waals surface area contributed by atoms with E-state index in [0.29, 0.717) is 12.5 Å². The third-order valence-electron chi connectivity index (χ3n) is 4.44. The molecule has 0 fully saturated rings. The van der Waals surface area contributed by atoms with Crippen LogP contribution in [0.25, 0.3) is 0 Å². The first-order chi connectivity index (χ1) is 11.8. The van der Waals surface area contributed by atoms with E-state index in [-0.39, 0.29) is 0 Å². The van der Waals surface area contributed by atoms with Crippen molar-refractivity contribution < 1.29 is 9.47 Å². The molecular weight excluding hydrogens is 298 g/mol. The van der Waals surface area contributed by atoms with E-state index in [2.05, 4.69) is 42.6 Å². The third kappa shape index (κ3) is 5.72. The summed E-state index contributed by atoms with van der Waals surface area (Å²) in [6.07, 6.45) is 18.6. The fourth-order valence-electron chi connectivity index (χ4n) is 2.94. The van der Waals surface area contributed by atoms with Gasteiger partial charge >= 0.3 is 0 Å². The summed E-state index contributed by atoms with van der Waals surface area (Å²) in [5.41, 5.74) is 2.85. The molecule has 1 atom stereocenters. The Morgan fingerprint density at radius 1 is 1.17 bits per heavy atom. The van der Waals surface area contributed by atoms with E-state index in [0.717, 1.165) is 37.3 Å². The summed E-state index contributed by atoms with van der Waals surface area (Å²) in [6.45, 7) is 3.91. The van der Waals surface area contributed by atoms with Crippen molar-refractivity contribution in [1.82, 2.24) is 5.32 Å². The number of methoxy groups -OCH3 is 1. The minimum absolute atomic E-state index is 0.449. The summed E-state index contributed by atoms with van der Waals surface area (Å²) < 4.78 is 11.6. The van der Waals surface area contributed by atoms with E-state index >= 15 is 0 Å². The molecule has 3 nitrogen and oxygen atoms in total. The lowest BCUT2D eigenvalue weighted by Crippen LogP contribution is -2.10. The molecule has 0 aromatic heterocycles. The number of nitrogens with one attached hydrogen (secondary N) is 1. The maximum atomic E-state index is 6.09. The average Bonchev–Trinajstić information content (AvgIpc) is 2.81. The summed E-state index contributed by atoms with van der Waals surface area (Å²) >= 11 is 0. The molecule has 1 N–H and O–H groups in total. The van der Waals surface area contributed by atoms with Crippen molar-refractivity contribution >= 4 is 0 Å². The number of rotatable bonds is 9. The minimum atomic E-state index is 0.449. The maximum Gasteiger partial charge on any atom is 0.160 e. The van der Waals surface area contributed by atoms with Gasteiger partial charge < -0.3 is 14.8 Å². The molecule has 0 aliphatic heterocycles. The molecule has 0 spiro atoms. The van der Waals surface area contributed by atoms with Gasteiger partial charge in [0.25, 0.3) is 0 Å². The highest BCUT2D eigenvalue weighted by atomic mass is 16.5.